The molecule has 2 N–H and O–H groups in total. The zero-order valence-electron chi connectivity index (χ0n) is 17.6. The van der Waals surface area contributed by atoms with Gasteiger partial charge in [-0.15, -0.1) is 0 Å². The molecule has 8 atom stereocenters. The highest BCUT2D eigenvalue weighted by Gasteiger charge is 2.42. The highest BCUT2D eigenvalue weighted by atomic mass is 16.6. The molecule has 0 bridgehead atoms. The van der Waals surface area contributed by atoms with Crippen molar-refractivity contribution in [3.8, 4) is 0 Å². The van der Waals surface area contributed by atoms with E-state index in [0.717, 1.165) is 18.4 Å². The van der Waals surface area contributed by atoms with Gasteiger partial charge < -0.3 is 19.7 Å². The minimum absolute atomic E-state index is 0.0237. The number of rotatable bonds is 6. The summed E-state index contributed by atoms with van der Waals surface area (Å²) < 4.78 is 11.3. The number of hydrogen-bond donors (Lipinski definition) is 2. The quantitative estimate of drug-likeness (QED) is 0.659. The lowest BCUT2D eigenvalue weighted by Gasteiger charge is -2.43. The summed E-state index contributed by atoms with van der Waals surface area (Å²) in [6.07, 6.45) is 7.31. The van der Waals surface area contributed by atoms with Gasteiger partial charge in [0.2, 0.25) is 0 Å². The first kappa shape index (κ1) is 22.0. The van der Waals surface area contributed by atoms with Crippen LogP contribution in [0.15, 0.2) is 23.8 Å². The Kier molecular flexibility index (Phi) is 7.17. The summed E-state index contributed by atoms with van der Waals surface area (Å²) in [6.45, 7) is 5.97. The fourth-order valence-corrected chi connectivity index (χ4v) is 4.84. The molecule has 0 aromatic heterocycles. The molecule has 0 aromatic carbocycles. The van der Waals surface area contributed by atoms with Crippen LogP contribution in [0.4, 0.5) is 0 Å². The number of ether oxygens (including phenoxy) is 2. The van der Waals surface area contributed by atoms with Gasteiger partial charge in [0.25, 0.3) is 0 Å². The third-order valence-corrected chi connectivity index (χ3v) is 6.71. The van der Waals surface area contributed by atoms with E-state index in [-0.39, 0.29) is 54.2 Å². The molecule has 1 aliphatic heterocycles. The van der Waals surface area contributed by atoms with E-state index in [1.54, 1.807) is 0 Å². The number of aliphatic hydroxyl groups excluding tert-OH is 2. The molecule has 1 heterocycles. The molecule has 0 amide bonds. The van der Waals surface area contributed by atoms with Gasteiger partial charge in [0.05, 0.1) is 24.5 Å². The van der Waals surface area contributed by atoms with E-state index in [9.17, 15) is 19.8 Å². The summed E-state index contributed by atoms with van der Waals surface area (Å²) in [4.78, 5) is 24.1. The Labute approximate surface area is 173 Å². The van der Waals surface area contributed by atoms with Crippen molar-refractivity contribution in [2.45, 2.75) is 83.7 Å². The molecule has 0 aromatic rings. The Morgan fingerprint density at radius 2 is 2.07 bits per heavy atom. The van der Waals surface area contributed by atoms with Crippen molar-refractivity contribution in [2.75, 3.05) is 0 Å². The van der Waals surface area contributed by atoms with Gasteiger partial charge in [0.15, 0.2) is 0 Å². The van der Waals surface area contributed by atoms with Crippen LogP contribution < -0.4 is 0 Å². The van der Waals surface area contributed by atoms with Crippen LogP contribution in [0.2, 0.25) is 0 Å². The van der Waals surface area contributed by atoms with Gasteiger partial charge in [-0.3, -0.25) is 9.59 Å². The summed E-state index contributed by atoms with van der Waals surface area (Å²) in [5.41, 5.74) is 1.02. The number of carbonyl (C=O) groups excluding carboxylic acids is 2. The Balaban J connectivity index is 1.74. The largest absolute Gasteiger partial charge is 0.462 e. The Morgan fingerprint density at radius 3 is 2.76 bits per heavy atom. The van der Waals surface area contributed by atoms with Gasteiger partial charge >= 0.3 is 11.9 Å². The van der Waals surface area contributed by atoms with Crippen molar-refractivity contribution in [3.63, 3.8) is 0 Å². The van der Waals surface area contributed by atoms with Crippen LogP contribution in [0.25, 0.3) is 0 Å². The Morgan fingerprint density at radius 1 is 1.31 bits per heavy atom. The average molecular weight is 407 g/mol. The van der Waals surface area contributed by atoms with Gasteiger partial charge in [-0.25, -0.2) is 0 Å². The zero-order valence-corrected chi connectivity index (χ0v) is 17.6. The van der Waals surface area contributed by atoms with Gasteiger partial charge in [0, 0.05) is 18.8 Å². The molecule has 0 spiro atoms. The average Bonchev–Trinajstić information content (AvgIpc) is 2.65. The van der Waals surface area contributed by atoms with E-state index < -0.39 is 12.2 Å². The van der Waals surface area contributed by atoms with Crippen molar-refractivity contribution in [2.24, 2.45) is 23.7 Å². The molecule has 1 saturated heterocycles. The molecule has 162 valence electrons. The van der Waals surface area contributed by atoms with Crippen LogP contribution in [0.3, 0.4) is 0 Å². The maximum Gasteiger partial charge on any atom is 0.308 e. The van der Waals surface area contributed by atoms with Crippen LogP contribution in [-0.2, 0) is 19.1 Å². The number of fused-ring (bicyclic) bond motifs is 1. The maximum atomic E-state index is 12.5. The SMILES string of the molecule is CCC(C)C(=O)O[C@@H]1C[C@@H](O)C=C2C=C[C@@H](C)[C@@H](CC[C@@H]3C[C@@H](O)CC(=O)O3)[C@@H]21. The van der Waals surface area contributed by atoms with E-state index in [4.69, 9.17) is 9.47 Å². The minimum Gasteiger partial charge on any atom is -0.462 e. The number of allylic oxidation sites excluding steroid dienone is 2. The highest BCUT2D eigenvalue weighted by Crippen LogP contribution is 2.44. The maximum absolute atomic E-state index is 12.5. The fourth-order valence-electron chi connectivity index (χ4n) is 4.84. The summed E-state index contributed by atoms with van der Waals surface area (Å²) in [5, 5.41) is 20.2. The molecule has 0 radical (unpaired) electrons. The van der Waals surface area contributed by atoms with Crippen LogP contribution in [0.1, 0.15) is 59.3 Å². The Hall–Kier alpha value is -1.66. The van der Waals surface area contributed by atoms with Crippen molar-refractivity contribution in [1.29, 1.82) is 0 Å². The molecule has 2 aliphatic carbocycles. The lowest BCUT2D eigenvalue weighted by atomic mass is 9.66. The molecule has 0 saturated carbocycles. The molecule has 1 fully saturated rings. The first-order valence-electron chi connectivity index (χ1n) is 10.9. The molecular weight excluding hydrogens is 372 g/mol. The second-order valence-corrected chi connectivity index (χ2v) is 8.95. The summed E-state index contributed by atoms with van der Waals surface area (Å²) in [7, 11) is 0. The summed E-state index contributed by atoms with van der Waals surface area (Å²) >= 11 is 0. The predicted molar refractivity (Wildman–Crippen MR) is 108 cm³/mol. The van der Waals surface area contributed by atoms with Crippen LogP contribution in [-0.4, -0.2) is 46.6 Å². The highest BCUT2D eigenvalue weighted by molar-refractivity contribution is 5.72. The second kappa shape index (κ2) is 9.43. The van der Waals surface area contributed by atoms with Gasteiger partial charge in [-0.1, -0.05) is 39.0 Å². The number of aliphatic hydroxyl groups is 2. The van der Waals surface area contributed by atoms with Gasteiger partial charge in [-0.2, -0.15) is 0 Å². The van der Waals surface area contributed by atoms with Gasteiger partial charge in [-0.05, 0) is 36.7 Å². The zero-order chi connectivity index (χ0) is 21.1. The van der Waals surface area contributed by atoms with Crippen molar-refractivity contribution < 1.29 is 29.3 Å². The van der Waals surface area contributed by atoms with Crippen LogP contribution in [0.5, 0.6) is 0 Å². The van der Waals surface area contributed by atoms with E-state index in [0.29, 0.717) is 19.3 Å². The lowest BCUT2D eigenvalue weighted by molar-refractivity contribution is -0.162. The Bertz CT molecular complexity index is 668. The van der Waals surface area contributed by atoms with Crippen molar-refractivity contribution in [3.05, 3.63) is 23.8 Å². The lowest BCUT2D eigenvalue weighted by Crippen LogP contribution is -2.43. The first-order valence-corrected chi connectivity index (χ1v) is 10.9. The van der Waals surface area contributed by atoms with Crippen LogP contribution in [0, 0.1) is 23.7 Å². The third-order valence-electron chi connectivity index (χ3n) is 6.71. The van der Waals surface area contributed by atoms with E-state index in [1.807, 2.05) is 26.0 Å². The van der Waals surface area contributed by atoms with Crippen molar-refractivity contribution >= 4 is 11.9 Å². The van der Waals surface area contributed by atoms with Crippen molar-refractivity contribution in [1.82, 2.24) is 0 Å². The molecule has 6 nitrogen and oxygen atoms in total. The topological polar surface area (TPSA) is 93.1 Å². The number of cyclic esters (lactones) is 1. The molecule has 3 aliphatic rings. The standard InChI is InChI=1S/C23H34O6/c1-4-13(2)23(27)29-20-11-16(24)9-15-6-5-14(3)19(22(15)20)8-7-18-10-17(25)12-21(26)28-18/h5-6,9,13-14,16-20,22,24-25H,4,7-8,10-12H2,1-3H3/t13?,14-,16+,17-,18-,19-,20-,22-/m1/s1. The number of hydrogen-bond acceptors (Lipinski definition) is 6. The normalized spacial score (nSPS) is 37.9. The first-order chi connectivity index (χ1) is 13.8. The van der Waals surface area contributed by atoms with Crippen LogP contribution >= 0.6 is 0 Å². The fraction of sp³-hybridized carbons (Fsp3) is 0.739. The summed E-state index contributed by atoms with van der Waals surface area (Å²) in [5.74, 6) is -0.203. The minimum atomic E-state index is -0.630. The summed E-state index contributed by atoms with van der Waals surface area (Å²) in [6, 6.07) is 0. The number of esters is 2. The van der Waals surface area contributed by atoms with E-state index in [2.05, 4.69) is 13.0 Å². The molecule has 3 rings (SSSR count). The molecule has 1 unspecified atom stereocenters. The molecular formula is C23H34O6. The third kappa shape index (κ3) is 5.28. The predicted octanol–water partition coefficient (Wildman–Crippen LogP) is 2.92. The molecule has 29 heavy (non-hydrogen) atoms. The monoisotopic (exact) mass is 406 g/mol. The molecule has 6 heteroatoms. The smallest absolute Gasteiger partial charge is 0.308 e. The number of carbonyl (C=O) groups is 2. The van der Waals surface area contributed by atoms with Gasteiger partial charge in [0.1, 0.15) is 12.2 Å². The van der Waals surface area contributed by atoms with E-state index in [1.165, 1.54) is 0 Å². The van der Waals surface area contributed by atoms with E-state index >= 15 is 0 Å². The second-order valence-electron chi connectivity index (χ2n) is 8.95.